The fourth-order valence-corrected chi connectivity index (χ4v) is 3.89. The third-order valence-corrected chi connectivity index (χ3v) is 5.00. The molecule has 0 bridgehead atoms. The van der Waals surface area contributed by atoms with Gasteiger partial charge in [0.2, 0.25) is 0 Å². The lowest BCUT2D eigenvalue weighted by Crippen LogP contribution is -2.13. The maximum Gasteiger partial charge on any atom is 0.165 e. The van der Waals surface area contributed by atoms with Gasteiger partial charge >= 0.3 is 0 Å². The van der Waals surface area contributed by atoms with E-state index < -0.39 is 0 Å². The lowest BCUT2D eigenvalue weighted by atomic mass is 9.92. The second kappa shape index (κ2) is 3.44. The van der Waals surface area contributed by atoms with Crippen LogP contribution in [0.15, 0.2) is 18.2 Å². The second-order valence-corrected chi connectivity index (χ2v) is 6.13. The van der Waals surface area contributed by atoms with Crippen LogP contribution < -0.4 is 0 Å². The van der Waals surface area contributed by atoms with Crippen LogP contribution in [0, 0.1) is 17.8 Å². The van der Waals surface area contributed by atoms with Crippen molar-refractivity contribution in [3.63, 3.8) is 0 Å². The fraction of sp³-hybridized carbons (Fsp3) is 0.562. The van der Waals surface area contributed by atoms with E-state index in [4.69, 9.17) is 0 Å². The molecule has 2 saturated carbocycles. The molecular weight excluding hydrogens is 208 g/mol. The van der Waals surface area contributed by atoms with Gasteiger partial charge in [-0.05, 0) is 67.6 Å². The molecule has 3 aliphatic carbocycles. The van der Waals surface area contributed by atoms with Crippen LogP contribution in [-0.2, 0) is 12.8 Å². The van der Waals surface area contributed by atoms with E-state index in [0.29, 0.717) is 11.7 Å². The zero-order valence-electron chi connectivity index (χ0n) is 10.1. The smallest absolute Gasteiger partial charge is 0.165 e. The number of carbonyl (C=O) groups is 1. The number of hydrogen-bond donors (Lipinski definition) is 0. The first-order valence-corrected chi connectivity index (χ1v) is 6.97. The molecule has 0 aliphatic heterocycles. The molecule has 0 amide bonds. The largest absolute Gasteiger partial charge is 0.294 e. The number of benzene rings is 1. The van der Waals surface area contributed by atoms with Crippen LogP contribution in [0.5, 0.6) is 0 Å². The molecule has 2 fully saturated rings. The number of Topliss-reactive ketones (excluding diaryl/α,β-unsaturated/α-hetero) is 1. The van der Waals surface area contributed by atoms with Gasteiger partial charge in [0.25, 0.3) is 0 Å². The van der Waals surface area contributed by atoms with Crippen molar-refractivity contribution in [2.24, 2.45) is 17.8 Å². The molecule has 1 nitrogen and oxygen atoms in total. The minimum absolute atomic E-state index is 0.346. The maximum atomic E-state index is 12.4. The van der Waals surface area contributed by atoms with Gasteiger partial charge in [-0.15, -0.1) is 0 Å². The Hall–Kier alpha value is -1.11. The van der Waals surface area contributed by atoms with E-state index in [1.54, 1.807) is 0 Å². The molecule has 2 unspecified atom stereocenters. The molecule has 17 heavy (non-hydrogen) atoms. The van der Waals surface area contributed by atoms with Crippen molar-refractivity contribution in [1.29, 1.82) is 0 Å². The highest BCUT2D eigenvalue weighted by molar-refractivity contribution is 5.98. The lowest BCUT2D eigenvalue weighted by Gasteiger charge is -2.11. The molecule has 3 aliphatic rings. The number of hydrogen-bond acceptors (Lipinski definition) is 1. The van der Waals surface area contributed by atoms with Gasteiger partial charge in [0.05, 0.1) is 0 Å². The normalized spacial score (nSPS) is 33.3. The van der Waals surface area contributed by atoms with Crippen LogP contribution in [0.2, 0.25) is 0 Å². The number of fused-ring (bicyclic) bond motifs is 2. The van der Waals surface area contributed by atoms with E-state index in [1.807, 2.05) is 0 Å². The molecule has 1 aromatic rings. The number of carbonyl (C=O) groups excluding carboxylic acids is 1. The standard InChI is InChI=1S/C16H18O/c17-16(15-8-13-7-14(13)9-15)12-5-4-10-2-1-3-11(10)6-12/h4-6,13-15H,1-3,7-9H2. The molecule has 0 spiro atoms. The maximum absolute atomic E-state index is 12.4. The summed E-state index contributed by atoms with van der Waals surface area (Å²) in [7, 11) is 0. The van der Waals surface area contributed by atoms with Gasteiger partial charge < -0.3 is 0 Å². The van der Waals surface area contributed by atoms with Crippen molar-refractivity contribution in [3.05, 3.63) is 34.9 Å². The van der Waals surface area contributed by atoms with E-state index >= 15 is 0 Å². The quantitative estimate of drug-likeness (QED) is 0.706. The van der Waals surface area contributed by atoms with Crippen LogP contribution in [-0.4, -0.2) is 5.78 Å². The first-order chi connectivity index (χ1) is 8.31. The highest BCUT2D eigenvalue weighted by Gasteiger charge is 2.47. The highest BCUT2D eigenvalue weighted by atomic mass is 16.1. The van der Waals surface area contributed by atoms with Gasteiger partial charge in [0, 0.05) is 11.5 Å². The fourth-order valence-electron chi connectivity index (χ4n) is 3.89. The predicted octanol–water partition coefficient (Wildman–Crippen LogP) is 3.40. The third-order valence-electron chi connectivity index (χ3n) is 5.00. The van der Waals surface area contributed by atoms with Crippen LogP contribution in [0.4, 0.5) is 0 Å². The van der Waals surface area contributed by atoms with Gasteiger partial charge in [0.15, 0.2) is 5.78 Å². The molecule has 1 heteroatoms. The Morgan fingerprint density at radius 1 is 1.00 bits per heavy atom. The van der Waals surface area contributed by atoms with Crippen molar-refractivity contribution in [2.45, 2.75) is 38.5 Å². The summed E-state index contributed by atoms with van der Waals surface area (Å²) >= 11 is 0. The monoisotopic (exact) mass is 226 g/mol. The second-order valence-electron chi connectivity index (χ2n) is 6.13. The summed E-state index contributed by atoms with van der Waals surface area (Å²) in [6.07, 6.45) is 7.37. The number of rotatable bonds is 2. The molecule has 0 radical (unpaired) electrons. The van der Waals surface area contributed by atoms with Crippen LogP contribution >= 0.6 is 0 Å². The Morgan fingerprint density at radius 3 is 2.59 bits per heavy atom. The summed E-state index contributed by atoms with van der Waals surface area (Å²) in [4.78, 5) is 12.4. The van der Waals surface area contributed by atoms with Gasteiger partial charge in [-0.1, -0.05) is 12.1 Å². The first-order valence-electron chi connectivity index (χ1n) is 6.97. The Bertz CT molecular complexity index is 478. The van der Waals surface area contributed by atoms with Gasteiger partial charge in [-0.3, -0.25) is 4.79 Å². The Morgan fingerprint density at radius 2 is 1.76 bits per heavy atom. The van der Waals surface area contributed by atoms with Crippen LogP contribution in [0.1, 0.15) is 47.2 Å². The average molecular weight is 226 g/mol. The molecule has 0 aromatic heterocycles. The minimum Gasteiger partial charge on any atom is -0.294 e. The van der Waals surface area contributed by atoms with Crippen molar-refractivity contribution >= 4 is 5.78 Å². The predicted molar refractivity (Wildman–Crippen MR) is 67.1 cm³/mol. The third kappa shape index (κ3) is 1.55. The lowest BCUT2D eigenvalue weighted by molar-refractivity contribution is 0.0914. The van der Waals surface area contributed by atoms with Crippen LogP contribution in [0.3, 0.4) is 0 Å². The first kappa shape index (κ1) is 9.87. The summed E-state index contributed by atoms with van der Waals surface area (Å²) < 4.78 is 0. The summed E-state index contributed by atoms with van der Waals surface area (Å²) in [5.41, 5.74) is 3.88. The van der Waals surface area contributed by atoms with Gasteiger partial charge in [0.1, 0.15) is 0 Å². The Balaban J connectivity index is 1.59. The van der Waals surface area contributed by atoms with Crippen molar-refractivity contribution in [3.8, 4) is 0 Å². The molecule has 0 saturated heterocycles. The molecule has 1 aromatic carbocycles. The topological polar surface area (TPSA) is 17.1 Å². The van der Waals surface area contributed by atoms with Crippen molar-refractivity contribution in [2.75, 3.05) is 0 Å². The van der Waals surface area contributed by atoms with Crippen molar-refractivity contribution in [1.82, 2.24) is 0 Å². The highest BCUT2D eigenvalue weighted by Crippen LogP contribution is 2.54. The van der Waals surface area contributed by atoms with Crippen LogP contribution in [0.25, 0.3) is 0 Å². The molecule has 2 atom stereocenters. The summed E-state index contributed by atoms with van der Waals surface area (Å²) in [5.74, 6) is 2.57. The Labute approximate surface area is 102 Å². The van der Waals surface area contributed by atoms with Crippen molar-refractivity contribution < 1.29 is 4.79 Å². The minimum atomic E-state index is 0.346. The van der Waals surface area contributed by atoms with Gasteiger partial charge in [-0.25, -0.2) is 0 Å². The van der Waals surface area contributed by atoms with E-state index in [1.165, 1.54) is 49.7 Å². The zero-order valence-corrected chi connectivity index (χ0v) is 10.1. The number of aryl methyl sites for hydroxylation is 2. The SMILES string of the molecule is O=C(c1ccc2c(c1)CCC2)C1CC2CC2C1. The van der Waals surface area contributed by atoms with E-state index in [9.17, 15) is 4.79 Å². The van der Waals surface area contributed by atoms with E-state index in [2.05, 4.69) is 18.2 Å². The average Bonchev–Trinajstić information content (AvgIpc) is 2.82. The molecule has 88 valence electrons. The van der Waals surface area contributed by atoms with E-state index in [0.717, 1.165) is 17.4 Å². The molecular formula is C16H18O. The number of ketones is 1. The Kier molecular flexibility index (Phi) is 2.00. The summed E-state index contributed by atoms with van der Waals surface area (Å²) in [5, 5.41) is 0. The van der Waals surface area contributed by atoms with Gasteiger partial charge in [-0.2, -0.15) is 0 Å². The molecule has 0 N–H and O–H groups in total. The summed E-state index contributed by atoms with van der Waals surface area (Å²) in [6.45, 7) is 0. The molecule has 4 rings (SSSR count). The zero-order chi connectivity index (χ0) is 11.4. The van der Waals surface area contributed by atoms with E-state index in [-0.39, 0.29) is 0 Å². The summed E-state index contributed by atoms with van der Waals surface area (Å²) in [6, 6.07) is 6.43. The molecule has 0 heterocycles.